The molecule has 0 saturated heterocycles. The number of rotatable bonds is 10. The van der Waals surface area contributed by atoms with Gasteiger partial charge >= 0.3 is 0 Å². The Morgan fingerprint density at radius 1 is 1.17 bits per heavy atom. The van der Waals surface area contributed by atoms with Crippen molar-refractivity contribution < 1.29 is 14.3 Å². The molecule has 2 amide bonds. The van der Waals surface area contributed by atoms with Crippen molar-refractivity contribution in [1.82, 2.24) is 10.2 Å². The number of carbonyl (C=O) groups is 2. The molecule has 7 heteroatoms. The average molecular weight is 451 g/mol. The van der Waals surface area contributed by atoms with Crippen molar-refractivity contribution in [2.24, 2.45) is 0 Å². The number of amides is 2. The molecule has 2 rings (SSSR count). The molecular formula is C23H28Cl2N2O3. The first-order chi connectivity index (χ1) is 14.3. The maximum Gasteiger partial charge on any atom is 0.242 e. The van der Waals surface area contributed by atoms with Crippen LogP contribution in [0.2, 0.25) is 10.0 Å². The highest BCUT2D eigenvalue weighted by molar-refractivity contribution is 6.35. The molecule has 0 aliphatic rings. The zero-order valence-electron chi connectivity index (χ0n) is 17.6. The number of halogens is 2. The lowest BCUT2D eigenvalue weighted by molar-refractivity contribution is -0.140. The van der Waals surface area contributed by atoms with Gasteiger partial charge in [-0.05, 0) is 48.7 Å². The van der Waals surface area contributed by atoms with E-state index in [1.165, 1.54) is 0 Å². The highest BCUT2D eigenvalue weighted by Gasteiger charge is 2.26. The topological polar surface area (TPSA) is 58.6 Å². The van der Waals surface area contributed by atoms with Crippen LogP contribution < -0.4 is 10.1 Å². The number of hydrogen-bond acceptors (Lipinski definition) is 3. The fraction of sp³-hybridized carbons (Fsp3) is 0.391. The number of nitrogens with zero attached hydrogens (tertiary/aromatic N) is 1. The molecule has 2 aromatic carbocycles. The van der Waals surface area contributed by atoms with Gasteiger partial charge in [-0.3, -0.25) is 9.59 Å². The zero-order valence-corrected chi connectivity index (χ0v) is 19.1. The predicted octanol–water partition coefficient (Wildman–Crippen LogP) is 4.88. The molecule has 0 bridgehead atoms. The van der Waals surface area contributed by atoms with E-state index in [-0.39, 0.29) is 24.8 Å². The molecule has 5 nitrogen and oxygen atoms in total. The van der Waals surface area contributed by atoms with Gasteiger partial charge < -0.3 is 15.0 Å². The maximum absolute atomic E-state index is 13.2. The Morgan fingerprint density at radius 3 is 2.60 bits per heavy atom. The minimum absolute atomic E-state index is 0.0759. The second-order valence-corrected chi connectivity index (χ2v) is 7.95. The summed E-state index contributed by atoms with van der Waals surface area (Å²) in [5, 5.41) is 3.84. The number of ether oxygens (including phenoxy) is 1. The molecule has 0 aromatic heterocycles. The molecule has 162 valence electrons. The average Bonchev–Trinajstić information content (AvgIpc) is 2.73. The van der Waals surface area contributed by atoms with Gasteiger partial charge in [0.15, 0.2) is 0 Å². The van der Waals surface area contributed by atoms with Crippen molar-refractivity contribution in [3.63, 3.8) is 0 Å². The van der Waals surface area contributed by atoms with E-state index in [4.69, 9.17) is 27.9 Å². The fourth-order valence-electron chi connectivity index (χ4n) is 3.02. The van der Waals surface area contributed by atoms with Crippen LogP contribution >= 0.6 is 23.2 Å². The van der Waals surface area contributed by atoms with E-state index < -0.39 is 6.04 Å². The van der Waals surface area contributed by atoms with Gasteiger partial charge in [0.1, 0.15) is 11.8 Å². The molecule has 0 fully saturated rings. The quantitative estimate of drug-likeness (QED) is 0.524. The standard InChI is InChI=1S/C23H28Cl2N2O3/c1-4-5-11-26-23(29)16(2)27(15-17-7-6-8-20(12-17)30-3)22(28)13-18-9-10-19(24)14-21(18)25/h6-10,12,14,16H,4-5,11,13,15H2,1-3H3,(H,26,29)/t16-/m1/s1. The number of methoxy groups -OCH3 is 1. The van der Waals surface area contributed by atoms with Crippen molar-refractivity contribution >= 4 is 35.0 Å². The Bertz CT molecular complexity index is 873. The molecule has 1 atom stereocenters. The lowest BCUT2D eigenvalue weighted by atomic mass is 10.1. The molecule has 0 heterocycles. The highest BCUT2D eigenvalue weighted by Crippen LogP contribution is 2.23. The van der Waals surface area contributed by atoms with Crippen molar-refractivity contribution in [2.75, 3.05) is 13.7 Å². The van der Waals surface area contributed by atoms with Gasteiger partial charge in [0.05, 0.1) is 13.5 Å². The molecular weight excluding hydrogens is 423 g/mol. The largest absolute Gasteiger partial charge is 0.497 e. The van der Waals surface area contributed by atoms with Crippen molar-refractivity contribution in [1.29, 1.82) is 0 Å². The SMILES string of the molecule is CCCCNC(=O)[C@@H](C)N(Cc1cccc(OC)c1)C(=O)Cc1ccc(Cl)cc1Cl. The number of benzene rings is 2. The van der Waals surface area contributed by atoms with Crippen molar-refractivity contribution in [2.45, 2.75) is 45.7 Å². The number of carbonyl (C=O) groups excluding carboxylic acids is 2. The van der Waals surface area contributed by atoms with Gasteiger partial charge in [-0.25, -0.2) is 0 Å². The molecule has 1 N–H and O–H groups in total. The molecule has 0 spiro atoms. The summed E-state index contributed by atoms with van der Waals surface area (Å²) < 4.78 is 5.28. The van der Waals surface area contributed by atoms with Crippen LogP contribution in [0.4, 0.5) is 0 Å². The molecule has 0 aliphatic heterocycles. The highest BCUT2D eigenvalue weighted by atomic mass is 35.5. The first-order valence-corrected chi connectivity index (χ1v) is 10.7. The van der Waals surface area contributed by atoms with Gasteiger partial charge in [0.25, 0.3) is 0 Å². The summed E-state index contributed by atoms with van der Waals surface area (Å²) in [4.78, 5) is 27.4. The summed E-state index contributed by atoms with van der Waals surface area (Å²) in [5.41, 5.74) is 1.54. The first kappa shape index (κ1) is 24.0. The van der Waals surface area contributed by atoms with Crippen molar-refractivity contribution in [3.8, 4) is 5.75 Å². The van der Waals surface area contributed by atoms with Crippen LogP contribution in [-0.4, -0.2) is 36.4 Å². The van der Waals surface area contributed by atoms with E-state index in [0.29, 0.717) is 27.9 Å². The molecule has 0 saturated carbocycles. The lowest BCUT2D eigenvalue weighted by Crippen LogP contribution is -2.48. The van der Waals surface area contributed by atoms with Crippen LogP contribution in [0.1, 0.15) is 37.8 Å². The van der Waals surface area contributed by atoms with E-state index in [1.807, 2.05) is 24.3 Å². The summed E-state index contributed by atoms with van der Waals surface area (Å²) in [6.45, 7) is 4.67. The van der Waals surface area contributed by atoms with E-state index in [2.05, 4.69) is 12.2 Å². The Kier molecular flexibility index (Phi) is 9.47. The number of unbranched alkanes of at least 4 members (excludes halogenated alkanes) is 1. The van der Waals surface area contributed by atoms with Crippen LogP contribution in [0.15, 0.2) is 42.5 Å². The van der Waals surface area contributed by atoms with Gasteiger partial charge in [-0.1, -0.05) is 54.7 Å². The molecule has 0 radical (unpaired) electrons. The maximum atomic E-state index is 13.2. The summed E-state index contributed by atoms with van der Waals surface area (Å²) >= 11 is 12.2. The number of nitrogens with one attached hydrogen (secondary N) is 1. The first-order valence-electron chi connectivity index (χ1n) is 9.99. The van der Waals surface area contributed by atoms with E-state index in [9.17, 15) is 9.59 Å². The van der Waals surface area contributed by atoms with E-state index in [1.54, 1.807) is 37.1 Å². The smallest absolute Gasteiger partial charge is 0.242 e. The van der Waals surface area contributed by atoms with E-state index >= 15 is 0 Å². The van der Waals surface area contributed by atoms with Gasteiger partial charge in [-0.2, -0.15) is 0 Å². The monoisotopic (exact) mass is 450 g/mol. The zero-order chi connectivity index (χ0) is 22.1. The Morgan fingerprint density at radius 2 is 1.93 bits per heavy atom. The third-order valence-corrected chi connectivity index (χ3v) is 5.43. The normalized spacial score (nSPS) is 11.6. The van der Waals surface area contributed by atoms with Gasteiger partial charge in [-0.15, -0.1) is 0 Å². The van der Waals surface area contributed by atoms with Crippen LogP contribution in [0.3, 0.4) is 0 Å². The molecule has 30 heavy (non-hydrogen) atoms. The van der Waals surface area contributed by atoms with Gasteiger partial charge in [0, 0.05) is 23.1 Å². The summed E-state index contributed by atoms with van der Waals surface area (Å²) in [5.74, 6) is 0.322. The summed E-state index contributed by atoms with van der Waals surface area (Å²) in [6, 6.07) is 11.9. The summed E-state index contributed by atoms with van der Waals surface area (Å²) in [6.07, 6.45) is 1.95. The second kappa shape index (κ2) is 11.8. The lowest BCUT2D eigenvalue weighted by Gasteiger charge is -2.29. The van der Waals surface area contributed by atoms with Crippen LogP contribution in [0.25, 0.3) is 0 Å². The Labute approximate surface area is 188 Å². The Balaban J connectivity index is 2.24. The third-order valence-electron chi connectivity index (χ3n) is 4.84. The summed E-state index contributed by atoms with van der Waals surface area (Å²) in [7, 11) is 1.59. The third kappa shape index (κ3) is 6.92. The minimum atomic E-state index is -0.633. The second-order valence-electron chi connectivity index (χ2n) is 7.11. The predicted molar refractivity (Wildman–Crippen MR) is 121 cm³/mol. The van der Waals surface area contributed by atoms with Gasteiger partial charge in [0.2, 0.25) is 11.8 Å². The van der Waals surface area contributed by atoms with Crippen LogP contribution in [-0.2, 0) is 22.6 Å². The van der Waals surface area contributed by atoms with Crippen LogP contribution in [0, 0.1) is 0 Å². The fourth-order valence-corrected chi connectivity index (χ4v) is 3.49. The van der Waals surface area contributed by atoms with Crippen LogP contribution in [0.5, 0.6) is 5.75 Å². The molecule has 0 unspecified atom stereocenters. The minimum Gasteiger partial charge on any atom is -0.497 e. The van der Waals surface area contributed by atoms with Crippen molar-refractivity contribution in [3.05, 3.63) is 63.6 Å². The van der Waals surface area contributed by atoms with E-state index in [0.717, 1.165) is 18.4 Å². The molecule has 0 aliphatic carbocycles. The number of hydrogen-bond donors (Lipinski definition) is 1. The Hall–Kier alpha value is -2.24. The molecule has 2 aromatic rings.